The van der Waals surface area contributed by atoms with E-state index in [2.05, 4.69) is 25.3 Å². The van der Waals surface area contributed by atoms with Gasteiger partial charge in [0, 0.05) is 28.9 Å². The van der Waals surface area contributed by atoms with Crippen LogP contribution in [0.3, 0.4) is 0 Å². The third-order valence-corrected chi connectivity index (χ3v) is 4.27. The minimum Gasteiger partial charge on any atom is -0.406 e. The van der Waals surface area contributed by atoms with Gasteiger partial charge in [0.25, 0.3) is 0 Å². The molecular weight excluding hydrogens is 416 g/mol. The van der Waals surface area contributed by atoms with Crippen molar-refractivity contribution < 1.29 is 27.4 Å². The maximum Gasteiger partial charge on any atom is 0.573 e. The van der Waals surface area contributed by atoms with E-state index in [1.165, 1.54) is 36.4 Å². The first-order chi connectivity index (χ1) is 14.6. The molecular formula is C21H20F4N4O2. The summed E-state index contributed by atoms with van der Waals surface area (Å²) >= 11 is 0. The Balaban J connectivity index is 2.01. The molecule has 0 saturated carbocycles. The van der Waals surface area contributed by atoms with Gasteiger partial charge in [0.1, 0.15) is 17.4 Å². The van der Waals surface area contributed by atoms with Crippen molar-refractivity contribution in [2.45, 2.75) is 26.3 Å². The fourth-order valence-electron chi connectivity index (χ4n) is 2.72. The van der Waals surface area contributed by atoms with E-state index in [1.54, 1.807) is 26.0 Å². The van der Waals surface area contributed by atoms with Gasteiger partial charge in [-0.1, -0.05) is 18.2 Å². The molecule has 164 valence electrons. The van der Waals surface area contributed by atoms with Gasteiger partial charge in [0.15, 0.2) is 0 Å². The van der Waals surface area contributed by atoms with Crippen LogP contribution in [0.4, 0.5) is 35.0 Å². The molecule has 10 heteroatoms. The predicted molar refractivity (Wildman–Crippen MR) is 109 cm³/mol. The second-order valence-electron chi connectivity index (χ2n) is 6.80. The first kappa shape index (κ1) is 22.3. The first-order valence-corrected chi connectivity index (χ1v) is 9.29. The molecule has 0 bridgehead atoms. The lowest BCUT2D eigenvalue weighted by molar-refractivity contribution is -0.274. The van der Waals surface area contributed by atoms with E-state index in [0.717, 1.165) is 0 Å². The van der Waals surface area contributed by atoms with Gasteiger partial charge in [-0.05, 0) is 38.1 Å². The molecule has 0 saturated heterocycles. The number of nitrogens with zero attached hydrogens (tertiary/aromatic N) is 2. The topological polar surface area (TPSA) is 79.3 Å². The molecule has 3 rings (SSSR count). The summed E-state index contributed by atoms with van der Waals surface area (Å²) in [7, 11) is 0. The van der Waals surface area contributed by atoms with Crippen LogP contribution in [0.2, 0.25) is 0 Å². The van der Waals surface area contributed by atoms with Gasteiger partial charge < -0.3 is 20.5 Å². The van der Waals surface area contributed by atoms with Crippen LogP contribution in [0.1, 0.15) is 12.5 Å². The van der Waals surface area contributed by atoms with E-state index in [9.17, 15) is 22.7 Å². The molecule has 0 aliphatic rings. The highest BCUT2D eigenvalue weighted by Crippen LogP contribution is 2.30. The molecule has 0 aliphatic carbocycles. The summed E-state index contributed by atoms with van der Waals surface area (Å²) in [5.74, 6) is -0.368. The van der Waals surface area contributed by atoms with Crippen molar-refractivity contribution in [3.05, 3.63) is 59.9 Å². The van der Waals surface area contributed by atoms with Crippen molar-refractivity contribution in [3.63, 3.8) is 0 Å². The highest BCUT2D eigenvalue weighted by molar-refractivity contribution is 5.69. The van der Waals surface area contributed by atoms with Crippen LogP contribution in [-0.4, -0.2) is 34.1 Å². The summed E-state index contributed by atoms with van der Waals surface area (Å²) < 4.78 is 55.6. The zero-order chi connectivity index (χ0) is 22.6. The molecule has 0 amide bonds. The number of aromatic nitrogens is 2. The number of anilines is 3. The minimum absolute atomic E-state index is 0.137. The average Bonchev–Trinajstić information content (AvgIpc) is 2.70. The van der Waals surface area contributed by atoms with Crippen LogP contribution in [0.25, 0.3) is 11.3 Å². The van der Waals surface area contributed by atoms with Gasteiger partial charge in [0.05, 0.1) is 12.3 Å². The number of ether oxygens (including phenoxy) is 1. The standard InChI is InChI=1S/C21H20F4N4O2/c1-12(11-30)26-20-28-18(14-5-3-6-15(9-14)31-21(23,24)25)10-19(29-20)27-17-8-4-7-16(22)13(17)2/h3-10,12,30H,11H2,1-2H3,(H2,26,27,28,29)/t12-/m1/s1. The summed E-state index contributed by atoms with van der Waals surface area (Å²) in [6.07, 6.45) is -4.82. The normalized spacial score (nSPS) is 12.4. The number of nitrogens with one attached hydrogen (secondary N) is 2. The first-order valence-electron chi connectivity index (χ1n) is 9.29. The molecule has 0 unspecified atom stereocenters. The van der Waals surface area contributed by atoms with Crippen molar-refractivity contribution in [3.8, 4) is 17.0 Å². The second kappa shape index (κ2) is 9.17. The van der Waals surface area contributed by atoms with Crippen molar-refractivity contribution in [2.24, 2.45) is 0 Å². The van der Waals surface area contributed by atoms with Gasteiger partial charge >= 0.3 is 6.36 Å². The molecule has 3 N–H and O–H groups in total. The van der Waals surface area contributed by atoms with Crippen molar-refractivity contribution in [1.82, 2.24) is 9.97 Å². The summed E-state index contributed by atoms with van der Waals surface area (Å²) in [6, 6.07) is 11.0. The number of alkyl halides is 3. The van der Waals surface area contributed by atoms with E-state index >= 15 is 0 Å². The van der Waals surface area contributed by atoms with E-state index in [4.69, 9.17) is 0 Å². The van der Waals surface area contributed by atoms with Gasteiger partial charge in [-0.25, -0.2) is 9.37 Å². The maximum atomic E-state index is 13.9. The third-order valence-electron chi connectivity index (χ3n) is 4.27. The molecule has 2 aromatic carbocycles. The summed E-state index contributed by atoms with van der Waals surface area (Å²) in [5, 5.41) is 15.2. The number of benzene rings is 2. The van der Waals surface area contributed by atoms with Crippen molar-refractivity contribution in [1.29, 1.82) is 0 Å². The quantitative estimate of drug-likeness (QED) is 0.451. The van der Waals surface area contributed by atoms with Crippen LogP contribution in [0.5, 0.6) is 5.75 Å². The maximum absolute atomic E-state index is 13.9. The second-order valence-corrected chi connectivity index (χ2v) is 6.80. The molecule has 0 radical (unpaired) electrons. The Hall–Kier alpha value is -3.40. The van der Waals surface area contributed by atoms with E-state index in [-0.39, 0.29) is 24.4 Å². The molecule has 0 fully saturated rings. The average molecular weight is 436 g/mol. The number of rotatable bonds is 7. The highest BCUT2D eigenvalue weighted by Gasteiger charge is 2.31. The lowest BCUT2D eigenvalue weighted by Crippen LogP contribution is -2.21. The number of hydrogen-bond donors (Lipinski definition) is 3. The number of aliphatic hydroxyl groups is 1. The Morgan fingerprint density at radius 1 is 1.10 bits per heavy atom. The van der Waals surface area contributed by atoms with E-state index in [0.29, 0.717) is 22.5 Å². The molecule has 1 heterocycles. The molecule has 1 aromatic heterocycles. The SMILES string of the molecule is Cc1c(F)cccc1Nc1cc(-c2cccc(OC(F)(F)F)c2)nc(N[C@H](C)CO)n1. The molecule has 3 aromatic rings. The van der Waals surface area contributed by atoms with Gasteiger partial charge in [0.2, 0.25) is 5.95 Å². The summed E-state index contributed by atoms with van der Waals surface area (Å²) in [4.78, 5) is 8.64. The fraction of sp³-hybridized carbons (Fsp3) is 0.238. The number of halogens is 4. The van der Waals surface area contributed by atoms with Gasteiger partial charge in [-0.2, -0.15) is 4.98 Å². The van der Waals surface area contributed by atoms with Crippen LogP contribution < -0.4 is 15.4 Å². The smallest absolute Gasteiger partial charge is 0.406 e. The molecule has 0 spiro atoms. The molecule has 31 heavy (non-hydrogen) atoms. The molecule has 6 nitrogen and oxygen atoms in total. The summed E-state index contributed by atoms with van der Waals surface area (Å²) in [6.45, 7) is 3.12. The van der Waals surface area contributed by atoms with E-state index < -0.39 is 17.9 Å². The predicted octanol–water partition coefficient (Wildman–Crippen LogP) is 5.03. The van der Waals surface area contributed by atoms with Gasteiger partial charge in [-0.3, -0.25) is 0 Å². The molecule has 0 aliphatic heterocycles. The number of aliphatic hydroxyl groups excluding tert-OH is 1. The zero-order valence-corrected chi connectivity index (χ0v) is 16.7. The Labute approximate surface area is 175 Å². The monoisotopic (exact) mass is 436 g/mol. The Bertz CT molecular complexity index is 1060. The van der Waals surface area contributed by atoms with Crippen molar-refractivity contribution >= 4 is 17.5 Å². The largest absolute Gasteiger partial charge is 0.573 e. The van der Waals surface area contributed by atoms with E-state index in [1.807, 2.05) is 0 Å². The number of hydrogen-bond acceptors (Lipinski definition) is 6. The van der Waals surface area contributed by atoms with Crippen LogP contribution >= 0.6 is 0 Å². The lowest BCUT2D eigenvalue weighted by atomic mass is 10.1. The highest BCUT2D eigenvalue weighted by atomic mass is 19.4. The minimum atomic E-state index is -4.82. The lowest BCUT2D eigenvalue weighted by Gasteiger charge is -2.15. The molecule has 1 atom stereocenters. The van der Waals surface area contributed by atoms with Crippen molar-refractivity contribution in [2.75, 3.05) is 17.2 Å². The van der Waals surface area contributed by atoms with Crippen LogP contribution in [0, 0.1) is 12.7 Å². The third kappa shape index (κ3) is 6.05. The van der Waals surface area contributed by atoms with Crippen LogP contribution in [0.15, 0.2) is 48.5 Å². The Kier molecular flexibility index (Phi) is 6.59. The zero-order valence-electron chi connectivity index (χ0n) is 16.7. The Morgan fingerprint density at radius 2 is 1.84 bits per heavy atom. The fourth-order valence-corrected chi connectivity index (χ4v) is 2.72. The summed E-state index contributed by atoms with van der Waals surface area (Å²) in [5.41, 5.74) is 1.50. The van der Waals surface area contributed by atoms with Gasteiger partial charge in [-0.15, -0.1) is 13.2 Å². The Morgan fingerprint density at radius 3 is 2.55 bits per heavy atom. The van der Waals surface area contributed by atoms with Crippen LogP contribution in [-0.2, 0) is 0 Å².